The van der Waals surface area contributed by atoms with Gasteiger partial charge in [-0.1, -0.05) is 28.4 Å². The lowest BCUT2D eigenvalue weighted by molar-refractivity contribution is -0.136. The summed E-state index contributed by atoms with van der Waals surface area (Å²) in [6.45, 7) is -0.0341. The summed E-state index contributed by atoms with van der Waals surface area (Å²) in [7, 11) is 0. The van der Waals surface area contributed by atoms with E-state index in [1.807, 2.05) is 0 Å². The van der Waals surface area contributed by atoms with Gasteiger partial charge in [0.1, 0.15) is 0 Å². The molecule has 1 amide bonds. The quantitative estimate of drug-likeness (QED) is 0.871. The number of hydrogen-bond donors (Lipinski definition) is 2. The van der Waals surface area contributed by atoms with Crippen molar-refractivity contribution in [3.05, 3.63) is 34.1 Å². The van der Waals surface area contributed by atoms with Gasteiger partial charge in [0, 0.05) is 17.1 Å². The topological polar surface area (TPSA) is 105 Å². The molecule has 1 heterocycles. The second-order valence-corrected chi connectivity index (χ2v) is 4.79. The third-order valence-corrected chi connectivity index (χ3v) is 2.96. The Morgan fingerprint density at radius 2 is 2.10 bits per heavy atom. The third-order valence-electron chi connectivity index (χ3n) is 2.42. The van der Waals surface area contributed by atoms with Crippen LogP contribution >= 0.6 is 23.2 Å². The number of carbonyl (C=O) groups excluding carboxylic acids is 1. The lowest BCUT2D eigenvalue weighted by Gasteiger charge is -1.99. The molecule has 0 radical (unpaired) electrons. The van der Waals surface area contributed by atoms with E-state index < -0.39 is 11.9 Å². The van der Waals surface area contributed by atoms with Gasteiger partial charge < -0.3 is 14.9 Å². The van der Waals surface area contributed by atoms with Crippen molar-refractivity contribution in [1.29, 1.82) is 0 Å². The van der Waals surface area contributed by atoms with Crippen molar-refractivity contribution >= 4 is 35.1 Å². The number of hydrogen-bond acceptors (Lipinski definition) is 5. The average molecular weight is 330 g/mol. The first kappa shape index (κ1) is 15.3. The predicted molar refractivity (Wildman–Crippen MR) is 74.3 cm³/mol. The van der Waals surface area contributed by atoms with Gasteiger partial charge in [-0.25, -0.2) is 0 Å². The molecule has 0 atom stereocenters. The maximum absolute atomic E-state index is 11.7. The zero-order valence-corrected chi connectivity index (χ0v) is 12.0. The second-order valence-electron chi connectivity index (χ2n) is 3.95. The molecule has 0 aliphatic rings. The van der Waals surface area contributed by atoms with E-state index in [-0.39, 0.29) is 24.7 Å². The van der Waals surface area contributed by atoms with E-state index in [4.69, 9.17) is 32.8 Å². The molecule has 0 saturated heterocycles. The molecule has 0 aliphatic heterocycles. The van der Waals surface area contributed by atoms with Crippen LogP contribution in [0.1, 0.15) is 17.1 Å². The number of nitrogens with zero attached hydrogens (tertiary/aromatic N) is 2. The number of aliphatic carboxylic acids is 1. The van der Waals surface area contributed by atoms with E-state index in [1.54, 1.807) is 12.1 Å². The minimum atomic E-state index is -1.02. The Bertz CT molecular complexity index is 687. The molecular formula is C12H9Cl2N3O4. The molecule has 0 unspecified atom stereocenters. The fraction of sp³-hybridized carbons (Fsp3) is 0.167. The van der Waals surface area contributed by atoms with Crippen molar-refractivity contribution < 1.29 is 19.2 Å². The molecule has 1 aromatic carbocycles. The number of rotatable bonds is 5. The summed E-state index contributed by atoms with van der Waals surface area (Å²) in [5.41, 5.74) is 0.467. The normalized spacial score (nSPS) is 10.4. The molecule has 0 saturated carbocycles. The van der Waals surface area contributed by atoms with E-state index >= 15 is 0 Å². The molecule has 110 valence electrons. The van der Waals surface area contributed by atoms with Gasteiger partial charge in [0.15, 0.2) is 0 Å². The van der Waals surface area contributed by atoms with E-state index in [0.29, 0.717) is 15.6 Å². The maximum atomic E-state index is 11.7. The van der Waals surface area contributed by atoms with E-state index in [2.05, 4.69) is 15.5 Å². The molecule has 0 fully saturated rings. The fourth-order valence-corrected chi connectivity index (χ4v) is 1.95. The summed E-state index contributed by atoms with van der Waals surface area (Å²) >= 11 is 11.8. The smallest absolute Gasteiger partial charge is 0.316 e. The largest absolute Gasteiger partial charge is 0.481 e. The highest BCUT2D eigenvalue weighted by atomic mass is 35.5. The molecule has 1 aromatic heterocycles. The Hall–Kier alpha value is -2.12. The van der Waals surface area contributed by atoms with Crippen LogP contribution in [-0.4, -0.2) is 33.7 Å². The van der Waals surface area contributed by atoms with Crippen LogP contribution in [0.3, 0.4) is 0 Å². The Morgan fingerprint density at radius 3 is 2.76 bits per heavy atom. The molecule has 2 rings (SSSR count). The first-order valence-corrected chi connectivity index (χ1v) is 6.52. The summed E-state index contributed by atoms with van der Waals surface area (Å²) in [5, 5.41) is 15.3. The number of carbonyl (C=O) groups is 2. The molecular weight excluding hydrogens is 321 g/mol. The van der Waals surface area contributed by atoms with Gasteiger partial charge in [-0.15, -0.1) is 0 Å². The third kappa shape index (κ3) is 3.93. The Morgan fingerprint density at radius 1 is 1.33 bits per heavy atom. The summed E-state index contributed by atoms with van der Waals surface area (Å²) in [6, 6.07) is 4.72. The van der Waals surface area contributed by atoms with Crippen LogP contribution in [0.25, 0.3) is 11.4 Å². The lowest BCUT2D eigenvalue weighted by Crippen LogP contribution is -2.26. The van der Waals surface area contributed by atoms with Crippen LogP contribution in [0.2, 0.25) is 10.0 Å². The van der Waals surface area contributed by atoms with Crippen LogP contribution in [0.5, 0.6) is 0 Å². The highest BCUT2D eigenvalue weighted by molar-refractivity contribution is 6.36. The molecule has 0 spiro atoms. The lowest BCUT2D eigenvalue weighted by atomic mass is 10.2. The minimum Gasteiger partial charge on any atom is -0.481 e. The molecule has 2 aromatic rings. The van der Waals surface area contributed by atoms with Gasteiger partial charge in [0.2, 0.25) is 5.82 Å². The number of carboxylic acid groups (broad SMARTS) is 1. The maximum Gasteiger partial charge on any atom is 0.316 e. The zero-order valence-electron chi connectivity index (χ0n) is 10.5. The van der Waals surface area contributed by atoms with Crippen LogP contribution in [0, 0.1) is 0 Å². The molecule has 7 nitrogen and oxygen atoms in total. The summed E-state index contributed by atoms with van der Waals surface area (Å²) in [6.07, 6.45) is -0.199. The summed E-state index contributed by atoms with van der Waals surface area (Å²) in [5.74, 6) is -1.81. The zero-order chi connectivity index (χ0) is 15.4. The molecule has 0 aliphatic carbocycles. The van der Waals surface area contributed by atoms with E-state index in [0.717, 1.165) is 0 Å². The SMILES string of the molecule is O=C(O)CCNC(=O)c1nc(-c2ccc(Cl)cc2Cl)no1. The predicted octanol–water partition coefficient (Wildman–Crippen LogP) is 2.25. The first-order valence-electron chi connectivity index (χ1n) is 5.76. The van der Waals surface area contributed by atoms with Gasteiger partial charge in [-0.2, -0.15) is 4.98 Å². The van der Waals surface area contributed by atoms with Crippen molar-refractivity contribution in [1.82, 2.24) is 15.5 Å². The van der Waals surface area contributed by atoms with Crippen LogP contribution in [-0.2, 0) is 4.79 Å². The van der Waals surface area contributed by atoms with Crippen molar-refractivity contribution in [3.63, 3.8) is 0 Å². The summed E-state index contributed by atoms with van der Waals surface area (Å²) < 4.78 is 4.81. The standard InChI is InChI=1S/C12H9Cl2N3O4/c13-6-1-2-7(8(14)5-6)10-16-12(21-17-10)11(20)15-4-3-9(18)19/h1-2,5H,3-4H2,(H,15,20)(H,18,19). The monoisotopic (exact) mass is 329 g/mol. The fourth-order valence-electron chi connectivity index (χ4n) is 1.45. The van der Waals surface area contributed by atoms with Gasteiger partial charge in [0.25, 0.3) is 0 Å². The number of benzene rings is 1. The van der Waals surface area contributed by atoms with Crippen LogP contribution in [0.4, 0.5) is 0 Å². The average Bonchev–Trinajstić information content (AvgIpc) is 2.87. The molecule has 9 heteroatoms. The van der Waals surface area contributed by atoms with Crippen LogP contribution in [0.15, 0.2) is 22.7 Å². The van der Waals surface area contributed by atoms with Gasteiger partial charge in [0.05, 0.1) is 11.4 Å². The number of halogens is 2. The molecule has 0 bridgehead atoms. The number of amides is 1. The number of carboxylic acids is 1. The Balaban J connectivity index is 2.10. The van der Waals surface area contributed by atoms with Crippen molar-refractivity contribution in [2.45, 2.75) is 6.42 Å². The Kier molecular flexibility index (Phi) is 4.77. The number of aromatic nitrogens is 2. The second kappa shape index (κ2) is 6.55. The first-order chi connectivity index (χ1) is 9.97. The molecule has 21 heavy (non-hydrogen) atoms. The highest BCUT2D eigenvalue weighted by Gasteiger charge is 2.17. The van der Waals surface area contributed by atoms with Gasteiger partial charge in [-0.3, -0.25) is 9.59 Å². The van der Waals surface area contributed by atoms with Crippen molar-refractivity contribution in [2.24, 2.45) is 0 Å². The van der Waals surface area contributed by atoms with E-state index in [1.165, 1.54) is 6.07 Å². The van der Waals surface area contributed by atoms with Crippen molar-refractivity contribution in [2.75, 3.05) is 6.54 Å². The van der Waals surface area contributed by atoms with E-state index in [9.17, 15) is 9.59 Å². The van der Waals surface area contributed by atoms with Gasteiger partial charge in [-0.05, 0) is 18.2 Å². The molecule has 2 N–H and O–H groups in total. The van der Waals surface area contributed by atoms with Crippen LogP contribution < -0.4 is 5.32 Å². The van der Waals surface area contributed by atoms with Crippen molar-refractivity contribution in [3.8, 4) is 11.4 Å². The highest BCUT2D eigenvalue weighted by Crippen LogP contribution is 2.28. The Labute approximate surface area is 128 Å². The minimum absolute atomic E-state index is 0.0341. The summed E-state index contributed by atoms with van der Waals surface area (Å²) in [4.78, 5) is 25.9. The van der Waals surface area contributed by atoms with Gasteiger partial charge >= 0.3 is 17.8 Å². The number of nitrogens with one attached hydrogen (secondary N) is 1.